The summed E-state index contributed by atoms with van der Waals surface area (Å²) < 4.78 is 42.4. The standard InChI is InChI=1S/C15H19F3N4O3/c1-20-8-19-11-10(20)12(23)22(13(24)21(11)2)7-9-3-5-14(25,6-4-9)15(16,17)18/h8-9,25H,3-7H2,1-2H3/t9-,14-. The van der Waals surface area contributed by atoms with Gasteiger partial charge in [0.2, 0.25) is 0 Å². The Morgan fingerprint density at radius 3 is 2.44 bits per heavy atom. The number of rotatable bonds is 2. The number of halogens is 3. The number of aliphatic hydroxyl groups is 1. The van der Waals surface area contributed by atoms with E-state index in [1.165, 1.54) is 22.5 Å². The quantitative estimate of drug-likeness (QED) is 0.863. The van der Waals surface area contributed by atoms with Crippen LogP contribution in [-0.2, 0) is 20.6 Å². The van der Waals surface area contributed by atoms with Gasteiger partial charge in [-0.15, -0.1) is 0 Å². The van der Waals surface area contributed by atoms with Gasteiger partial charge in [-0.1, -0.05) is 0 Å². The summed E-state index contributed by atoms with van der Waals surface area (Å²) in [7, 11) is 3.13. The Bertz CT molecular complexity index is 917. The molecule has 2 aromatic heterocycles. The fourth-order valence-corrected chi connectivity index (χ4v) is 3.44. The van der Waals surface area contributed by atoms with Crippen LogP contribution in [0.15, 0.2) is 15.9 Å². The molecule has 7 nitrogen and oxygen atoms in total. The molecule has 10 heteroatoms. The monoisotopic (exact) mass is 360 g/mol. The topological polar surface area (TPSA) is 82.1 Å². The number of imidazole rings is 1. The molecule has 0 aromatic carbocycles. The minimum atomic E-state index is -4.67. The summed E-state index contributed by atoms with van der Waals surface area (Å²) in [5.41, 5.74) is -3.19. The van der Waals surface area contributed by atoms with Crippen LogP contribution in [0.25, 0.3) is 11.2 Å². The molecule has 0 bridgehead atoms. The van der Waals surface area contributed by atoms with Crippen molar-refractivity contribution < 1.29 is 18.3 Å². The molecular weight excluding hydrogens is 341 g/mol. The highest BCUT2D eigenvalue weighted by molar-refractivity contribution is 5.69. The number of aromatic nitrogens is 4. The van der Waals surface area contributed by atoms with Crippen molar-refractivity contribution in [1.29, 1.82) is 0 Å². The Hall–Kier alpha value is -2.10. The van der Waals surface area contributed by atoms with Crippen LogP contribution in [0.2, 0.25) is 0 Å². The van der Waals surface area contributed by atoms with Crippen LogP contribution < -0.4 is 11.2 Å². The third-order valence-electron chi connectivity index (χ3n) is 5.10. The number of aryl methyl sites for hydroxylation is 2. The van der Waals surface area contributed by atoms with Gasteiger partial charge in [-0.25, -0.2) is 9.78 Å². The molecule has 0 amide bonds. The van der Waals surface area contributed by atoms with Crippen molar-refractivity contribution in [3.05, 3.63) is 27.2 Å². The second-order valence-electron chi connectivity index (χ2n) is 6.76. The highest BCUT2D eigenvalue weighted by Crippen LogP contribution is 2.43. The van der Waals surface area contributed by atoms with Crippen LogP contribution in [0.1, 0.15) is 25.7 Å². The zero-order valence-electron chi connectivity index (χ0n) is 13.9. The van der Waals surface area contributed by atoms with Crippen LogP contribution in [0.4, 0.5) is 13.2 Å². The lowest BCUT2D eigenvalue weighted by Gasteiger charge is -2.37. The molecule has 0 spiro atoms. The molecule has 3 rings (SSSR count). The predicted octanol–water partition coefficient (Wildman–Crippen LogP) is 0.917. The van der Waals surface area contributed by atoms with Gasteiger partial charge in [0.1, 0.15) is 0 Å². The van der Waals surface area contributed by atoms with Crippen molar-refractivity contribution in [3.8, 4) is 0 Å². The van der Waals surface area contributed by atoms with Crippen molar-refractivity contribution in [2.75, 3.05) is 0 Å². The van der Waals surface area contributed by atoms with Gasteiger partial charge >= 0.3 is 11.9 Å². The highest BCUT2D eigenvalue weighted by Gasteiger charge is 2.54. The molecule has 2 aromatic rings. The highest BCUT2D eigenvalue weighted by atomic mass is 19.4. The summed E-state index contributed by atoms with van der Waals surface area (Å²) in [6.07, 6.45) is -3.91. The Kier molecular flexibility index (Phi) is 4.05. The first kappa shape index (κ1) is 17.7. The second-order valence-corrected chi connectivity index (χ2v) is 6.76. The summed E-state index contributed by atoms with van der Waals surface area (Å²) in [5.74, 6) is -0.279. The van der Waals surface area contributed by atoms with E-state index in [0.717, 1.165) is 4.57 Å². The van der Waals surface area contributed by atoms with E-state index in [4.69, 9.17) is 0 Å². The van der Waals surface area contributed by atoms with Gasteiger partial charge in [0.25, 0.3) is 5.56 Å². The summed E-state index contributed by atoms with van der Waals surface area (Å²) in [5, 5.41) is 9.72. The van der Waals surface area contributed by atoms with Crippen LogP contribution in [-0.4, -0.2) is 35.6 Å². The maximum Gasteiger partial charge on any atom is 0.417 e. The van der Waals surface area contributed by atoms with E-state index in [-0.39, 0.29) is 36.5 Å². The molecular formula is C15H19F3N4O3. The zero-order chi connectivity index (χ0) is 18.6. The fourth-order valence-electron chi connectivity index (χ4n) is 3.44. The number of hydrogen-bond acceptors (Lipinski definition) is 4. The summed E-state index contributed by atoms with van der Waals surface area (Å²) in [6, 6.07) is 0. The molecule has 1 aliphatic carbocycles. The van der Waals surface area contributed by atoms with Crippen LogP contribution in [0.5, 0.6) is 0 Å². The zero-order valence-corrected chi connectivity index (χ0v) is 13.9. The lowest BCUT2D eigenvalue weighted by molar-refractivity contribution is -0.272. The summed E-state index contributed by atoms with van der Waals surface area (Å²) in [4.78, 5) is 29.1. The number of alkyl halides is 3. The van der Waals surface area contributed by atoms with E-state index in [2.05, 4.69) is 4.98 Å². The summed E-state index contributed by atoms with van der Waals surface area (Å²) in [6.45, 7) is 0.0283. The Balaban J connectivity index is 1.89. The molecule has 138 valence electrons. The van der Waals surface area contributed by atoms with Crippen molar-refractivity contribution in [1.82, 2.24) is 18.7 Å². The van der Waals surface area contributed by atoms with Crippen LogP contribution in [0, 0.1) is 5.92 Å². The van der Waals surface area contributed by atoms with Gasteiger partial charge in [0, 0.05) is 20.6 Å². The number of fused-ring (bicyclic) bond motifs is 1. The second kappa shape index (κ2) is 5.72. The molecule has 25 heavy (non-hydrogen) atoms. The van der Waals surface area contributed by atoms with Crippen molar-refractivity contribution >= 4 is 11.2 Å². The van der Waals surface area contributed by atoms with E-state index in [0.29, 0.717) is 0 Å². The Morgan fingerprint density at radius 2 is 1.88 bits per heavy atom. The van der Waals surface area contributed by atoms with Gasteiger partial charge in [-0.2, -0.15) is 13.2 Å². The lowest BCUT2D eigenvalue weighted by atomic mass is 9.78. The molecule has 1 fully saturated rings. The van der Waals surface area contributed by atoms with E-state index in [1.54, 1.807) is 7.05 Å². The molecule has 2 heterocycles. The molecule has 0 aliphatic heterocycles. The van der Waals surface area contributed by atoms with Crippen LogP contribution >= 0.6 is 0 Å². The number of hydrogen-bond donors (Lipinski definition) is 1. The van der Waals surface area contributed by atoms with E-state index < -0.39 is 35.9 Å². The average molecular weight is 360 g/mol. The van der Waals surface area contributed by atoms with E-state index in [1.807, 2.05) is 0 Å². The van der Waals surface area contributed by atoms with Gasteiger partial charge in [0.05, 0.1) is 6.33 Å². The third kappa shape index (κ3) is 2.78. The molecule has 1 aliphatic rings. The normalized spacial score (nSPS) is 24.8. The lowest BCUT2D eigenvalue weighted by Crippen LogP contribution is -2.49. The van der Waals surface area contributed by atoms with Crippen LogP contribution in [0.3, 0.4) is 0 Å². The van der Waals surface area contributed by atoms with E-state index >= 15 is 0 Å². The van der Waals surface area contributed by atoms with Gasteiger partial charge < -0.3 is 9.67 Å². The Labute approximate surface area is 140 Å². The minimum Gasteiger partial charge on any atom is -0.380 e. The van der Waals surface area contributed by atoms with Crippen molar-refractivity contribution in [3.63, 3.8) is 0 Å². The van der Waals surface area contributed by atoms with Gasteiger partial charge in [-0.05, 0) is 31.6 Å². The maximum absolute atomic E-state index is 12.9. The third-order valence-corrected chi connectivity index (χ3v) is 5.10. The Morgan fingerprint density at radius 1 is 1.28 bits per heavy atom. The SMILES string of the molecule is Cn1cnc2c1c(=O)n(C[C@H]1CC[C@@](O)(C(F)(F)F)CC1)c(=O)n2C. The van der Waals surface area contributed by atoms with Crippen molar-refractivity contribution in [2.45, 2.75) is 44.0 Å². The van der Waals surface area contributed by atoms with Gasteiger partial charge in [0.15, 0.2) is 16.8 Å². The van der Waals surface area contributed by atoms with Gasteiger partial charge in [-0.3, -0.25) is 13.9 Å². The first-order chi connectivity index (χ1) is 11.5. The van der Waals surface area contributed by atoms with Crippen molar-refractivity contribution in [2.24, 2.45) is 20.0 Å². The molecule has 0 saturated heterocycles. The fraction of sp³-hybridized carbons (Fsp3) is 0.667. The first-order valence-electron chi connectivity index (χ1n) is 7.95. The molecule has 0 atom stereocenters. The molecule has 1 saturated carbocycles. The van der Waals surface area contributed by atoms with E-state index in [9.17, 15) is 27.9 Å². The first-order valence-corrected chi connectivity index (χ1v) is 7.95. The number of nitrogens with zero attached hydrogens (tertiary/aromatic N) is 4. The maximum atomic E-state index is 12.9. The minimum absolute atomic E-state index is 0.0283. The smallest absolute Gasteiger partial charge is 0.380 e. The predicted molar refractivity (Wildman–Crippen MR) is 83.2 cm³/mol. The average Bonchev–Trinajstić information content (AvgIpc) is 2.92. The molecule has 1 N–H and O–H groups in total. The largest absolute Gasteiger partial charge is 0.417 e. The summed E-state index contributed by atoms with van der Waals surface area (Å²) >= 11 is 0. The molecule has 0 unspecified atom stereocenters. The molecule has 0 radical (unpaired) electrons.